The minimum Gasteiger partial charge on any atom is -0.206 e. The van der Waals surface area contributed by atoms with Gasteiger partial charge in [-0.15, -0.1) is 0 Å². The van der Waals surface area contributed by atoms with Crippen LogP contribution in [-0.2, 0) is 6.42 Å². The lowest BCUT2D eigenvalue weighted by Crippen LogP contribution is -1.89. The summed E-state index contributed by atoms with van der Waals surface area (Å²) >= 11 is 0. The maximum absolute atomic E-state index is 14.2. The van der Waals surface area contributed by atoms with Crippen molar-refractivity contribution in [2.45, 2.75) is 19.8 Å². The summed E-state index contributed by atoms with van der Waals surface area (Å²) in [6, 6.07) is 20.1. The Morgan fingerprint density at radius 3 is 1.81 bits per heavy atom. The summed E-state index contributed by atoms with van der Waals surface area (Å²) in [6.45, 7) is 2.06. The Hall–Kier alpha value is -3.95. The molecular weight excluding hydrogens is 405 g/mol. The zero-order valence-corrected chi connectivity index (χ0v) is 17.5. The van der Waals surface area contributed by atoms with Gasteiger partial charge >= 0.3 is 0 Å². The van der Waals surface area contributed by atoms with Crippen LogP contribution in [0.4, 0.5) is 13.2 Å². The van der Waals surface area contributed by atoms with Crippen molar-refractivity contribution in [3.8, 4) is 23.7 Å². The molecule has 0 unspecified atom stereocenters. The Bertz CT molecular complexity index is 1410. The van der Waals surface area contributed by atoms with Crippen LogP contribution in [0, 0.1) is 41.1 Å². The highest BCUT2D eigenvalue weighted by atomic mass is 19.2. The fraction of sp³-hybridized carbons (Fsp3) is 0.103. The van der Waals surface area contributed by atoms with Gasteiger partial charge in [-0.2, -0.15) is 0 Å². The number of benzene rings is 4. The molecule has 4 rings (SSSR count). The Kier molecular flexibility index (Phi) is 6.29. The van der Waals surface area contributed by atoms with Gasteiger partial charge in [-0.05, 0) is 83.4 Å². The molecule has 156 valence electrons. The monoisotopic (exact) mass is 424 g/mol. The molecule has 0 aliphatic heterocycles. The summed E-state index contributed by atoms with van der Waals surface area (Å²) in [6.07, 6.45) is 1.82. The van der Waals surface area contributed by atoms with E-state index >= 15 is 0 Å². The second-order valence-electron chi connectivity index (χ2n) is 7.47. The highest BCUT2D eigenvalue weighted by molar-refractivity contribution is 5.84. The first-order chi connectivity index (χ1) is 15.5. The summed E-state index contributed by atoms with van der Waals surface area (Å²) in [5.41, 5.74) is 3.60. The van der Waals surface area contributed by atoms with Gasteiger partial charge in [0.25, 0.3) is 0 Å². The largest absolute Gasteiger partial charge is 0.206 e. The lowest BCUT2D eigenvalue weighted by atomic mass is 10.1. The SMILES string of the molecule is CCCc1ccc(C#Cc2ccc(C#Cc3ccc4cc(F)c(F)cc4c3)cc2)c(F)c1. The van der Waals surface area contributed by atoms with Crippen molar-refractivity contribution in [3.05, 3.63) is 118 Å². The summed E-state index contributed by atoms with van der Waals surface area (Å²) in [5, 5.41) is 1.21. The van der Waals surface area contributed by atoms with E-state index in [1.807, 2.05) is 30.3 Å². The smallest absolute Gasteiger partial charge is 0.159 e. The number of fused-ring (bicyclic) bond motifs is 1. The molecule has 0 fully saturated rings. The minimum atomic E-state index is -0.879. The van der Waals surface area contributed by atoms with Gasteiger partial charge in [-0.1, -0.05) is 49.2 Å². The first-order valence-corrected chi connectivity index (χ1v) is 10.3. The van der Waals surface area contributed by atoms with Crippen LogP contribution in [0.1, 0.15) is 41.2 Å². The summed E-state index contributed by atoms with van der Waals surface area (Å²) in [7, 11) is 0. The van der Waals surface area contributed by atoms with Crippen LogP contribution in [0.3, 0.4) is 0 Å². The van der Waals surface area contributed by atoms with Crippen molar-refractivity contribution >= 4 is 10.8 Å². The van der Waals surface area contributed by atoms with E-state index in [4.69, 9.17) is 0 Å². The molecule has 0 aliphatic carbocycles. The maximum atomic E-state index is 14.2. The molecule has 4 aromatic rings. The molecule has 0 amide bonds. The fourth-order valence-electron chi connectivity index (χ4n) is 3.34. The van der Waals surface area contributed by atoms with Gasteiger partial charge in [0, 0.05) is 16.7 Å². The van der Waals surface area contributed by atoms with Gasteiger partial charge < -0.3 is 0 Å². The van der Waals surface area contributed by atoms with Gasteiger partial charge in [-0.3, -0.25) is 0 Å². The first kappa shape index (κ1) is 21.3. The predicted octanol–water partition coefficient (Wildman–Crippen LogP) is 7.01. The summed E-state index contributed by atoms with van der Waals surface area (Å²) in [5.74, 6) is 9.91. The normalized spacial score (nSPS) is 10.2. The lowest BCUT2D eigenvalue weighted by molar-refractivity contribution is 0.511. The van der Waals surface area contributed by atoms with Gasteiger partial charge in [0.1, 0.15) is 5.82 Å². The number of rotatable bonds is 2. The van der Waals surface area contributed by atoms with E-state index in [1.165, 1.54) is 12.1 Å². The van der Waals surface area contributed by atoms with E-state index in [2.05, 4.69) is 30.6 Å². The zero-order chi connectivity index (χ0) is 22.5. The topological polar surface area (TPSA) is 0 Å². The predicted molar refractivity (Wildman–Crippen MR) is 123 cm³/mol. The zero-order valence-electron chi connectivity index (χ0n) is 17.5. The van der Waals surface area contributed by atoms with Crippen LogP contribution in [0.25, 0.3) is 10.8 Å². The molecular formula is C29H19F3. The Balaban J connectivity index is 1.50. The number of hydrogen-bond acceptors (Lipinski definition) is 0. The minimum absolute atomic E-state index is 0.302. The van der Waals surface area contributed by atoms with E-state index in [0.29, 0.717) is 21.9 Å². The molecule has 0 atom stereocenters. The van der Waals surface area contributed by atoms with Crippen LogP contribution in [0.15, 0.2) is 72.8 Å². The summed E-state index contributed by atoms with van der Waals surface area (Å²) < 4.78 is 41.0. The lowest BCUT2D eigenvalue weighted by Gasteiger charge is -2.00. The van der Waals surface area contributed by atoms with Crippen molar-refractivity contribution in [3.63, 3.8) is 0 Å². The third kappa shape index (κ3) is 5.02. The fourth-order valence-corrected chi connectivity index (χ4v) is 3.34. The average molecular weight is 424 g/mol. The van der Waals surface area contributed by atoms with Crippen LogP contribution < -0.4 is 0 Å². The molecule has 32 heavy (non-hydrogen) atoms. The van der Waals surface area contributed by atoms with Crippen molar-refractivity contribution in [1.82, 2.24) is 0 Å². The third-order valence-electron chi connectivity index (χ3n) is 5.03. The highest BCUT2D eigenvalue weighted by Gasteiger charge is 2.04. The van der Waals surface area contributed by atoms with Crippen LogP contribution >= 0.6 is 0 Å². The van der Waals surface area contributed by atoms with Crippen molar-refractivity contribution < 1.29 is 13.2 Å². The molecule has 0 bridgehead atoms. The standard InChI is InChI=1S/C29H19F3/c1-2-3-22-11-14-24(27(30)17-22)13-10-21-6-4-20(5-7-21)8-9-23-12-15-25-18-28(31)29(32)19-26(25)16-23/h4-7,11-12,14-19H,2-3H2,1H3. The van der Waals surface area contributed by atoms with E-state index in [1.54, 1.807) is 30.3 Å². The highest BCUT2D eigenvalue weighted by Crippen LogP contribution is 2.20. The molecule has 0 aliphatic rings. The number of halogens is 3. The molecule has 0 heterocycles. The Morgan fingerprint density at radius 2 is 1.16 bits per heavy atom. The van der Waals surface area contributed by atoms with Crippen molar-refractivity contribution in [1.29, 1.82) is 0 Å². The Morgan fingerprint density at radius 1 is 0.562 bits per heavy atom. The molecule has 0 saturated heterocycles. The van der Waals surface area contributed by atoms with E-state index in [9.17, 15) is 13.2 Å². The maximum Gasteiger partial charge on any atom is 0.159 e. The van der Waals surface area contributed by atoms with Gasteiger partial charge in [0.2, 0.25) is 0 Å². The van der Waals surface area contributed by atoms with Crippen LogP contribution in [0.2, 0.25) is 0 Å². The van der Waals surface area contributed by atoms with E-state index in [0.717, 1.165) is 29.5 Å². The molecule has 0 spiro atoms. The van der Waals surface area contributed by atoms with Crippen molar-refractivity contribution in [2.75, 3.05) is 0 Å². The van der Waals surface area contributed by atoms with Gasteiger partial charge in [-0.25, -0.2) is 13.2 Å². The quantitative estimate of drug-likeness (QED) is 0.304. The number of aryl methyl sites for hydroxylation is 1. The second-order valence-corrected chi connectivity index (χ2v) is 7.47. The molecule has 0 saturated carbocycles. The molecule has 0 radical (unpaired) electrons. The van der Waals surface area contributed by atoms with Crippen LogP contribution in [-0.4, -0.2) is 0 Å². The van der Waals surface area contributed by atoms with Crippen LogP contribution in [0.5, 0.6) is 0 Å². The third-order valence-corrected chi connectivity index (χ3v) is 5.03. The Labute approximate surface area is 185 Å². The average Bonchev–Trinajstić information content (AvgIpc) is 2.79. The molecule has 4 aromatic carbocycles. The molecule has 0 nitrogen and oxygen atoms in total. The van der Waals surface area contributed by atoms with Crippen molar-refractivity contribution in [2.24, 2.45) is 0 Å². The second kappa shape index (κ2) is 9.46. The molecule has 3 heteroatoms. The first-order valence-electron chi connectivity index (χ1n) is 10.3. The molecule has 0 N–H and O–H groups in total. The van der Waals surface area contributed by atoms with E-state index < -0.39 is 11.6 Å². The van der Waals surface area contributed by atoms with E-state index in [-0.39, 0.29) is 5.82 Å². The number of hydrogen-bond donors (Lipinski definition) is 0. The van der Waals surface area contributed by atoms with Gasteiger partial charge in [0.15, 0.2) is 11.6 Å². The molecule has 0 aromatic heterocycles. The summed E-state index contributed by atoms with van der Waals surface area (Å²) in [4.78, 5) is 0. The van der Waals surface area contributed by atoms with Gasteiger partial charge in [0.05, 0.1) is 5.56 Å².